The topological polar surface area (TPSA) is 36.9 Å². The van der Waals surface area contributed by atoms with Gasteiger partial charge >= 0.3 is 0 Å². The molecule has 0 aromatic heterocycles. The molecule has 0 aromatic carbocycles. The lowest BCUT2D eigenvalue weighted by Crippen LogP contribution is -2.23. The third-order valence-electron chi connectivity index (χ3n) is 0.894. The lowest BCUT2D eigenvalue weighted by atomic mass is 10.4. The maximum atomic E-state index is 4.76. The molecule has 1 aliphatic heterocycles. The summed E-state index contributed by atoms with van der Waals surface area (Å²) in [5.41, 5.74) is 0. The molecular weight excluding hydrogens is 112 g/mol. The molecule has 0 aromatic rings. The predicted octanol–water partition coefficient (Wildman–Crippen LogP) is 0.242. The highest BCUT2D eigenvalue weighted by Gasteiger charge is 2.13. The highest BCUT2D eigenvalue weighted by molar-refractivity contribution is 4.39. The molecule has 4 heteroatoms. The molecule has 0 saturated carbocycles. The molecule has 4 nitrogen and oxygen atoms in total. The Labute approximate surface area is 47.1 Å². The van der Waals surface area contributed by atoms with Crippen molar-refractivity contribution in [1.82, 2.24) is 0 Å². The molecule has 1 atom stereocenters. The van der Waals surface area contributed by atoms with Gasteiger partial charge in [0.25, 0.3) is 0 Å². The summed E-state index contributed by atoms with van der Waals surface area (Å²) in [6.07, 6.45) is 0.458. The largest absolute Gasteiger partial charge is 0.353 e. The summed E-state index contributed by atoms with van der Waals surface area (Å²) < 4.78 is 4.76. The van der Waals surface area contributed by atoms with Crippen molar-refractivity contribution in [3.8, 4) is 0 Å². The Hall–Kier alpha value is -0.160. The van der Waals surface area contributed by atoms with Gasteiger partial charge in [-0.3, -0.25) is 0 Å². The van der Waals surface area contributed by atoms with Crippen molar-refractivity contribution in [2.45, 2.75) is 12.7 Å². The number of rotatable bonds is 1. The van der Waals surface area contributed by atoms with Gasteiger partial charge < -0.3 is 4.74 Å². The second-order valence-electron chi connectivity index (χ2n) is 1.44. The van der Waals surface area contributed by atoms with Crippen molar-refractivity contribution in [2.24, 2.45) is 0 Å². The maximum absolute atomic E-state index is 4.76. The van der Waals surface area contributed by atoms with Crippen LogP contribution in [0.3, 0.4) is 0 Å². The van der Waals surface area contributed by atoms with Crippen molar-refractivity contribution in [2.75, 3.05) is 13.7 Å². The lowest BCUT2D eigenvalue weighted by molar-refractivity contribution is -0.570. The zero-order valence-corrected chi connectivity index (χ0v) is 4.62. The third kappa shape index (κ3) is 1.41. The summed E-state index contributed by atoms with van der Waals surface area (Å²) >= 11 is 0. The van der Waals surface area contributed by atoms with Crippen LogP contribution in [0.5, 0.6) is 0 Å². The van der Waals surface area contributed by atoms with E-state index in [0.717, 1.165) is 6.42 Å². The normalized spacial score (nSPS) is 30.4. The Morgan fingerprint density at radius 2 is 2.50 bits per heavy atom. The molecule has 0 aliphatic carbocycles. The molecule has 1 fully saturated rings. The van der Waals surface area contributed by atoms with Crippen molar-refractivity contribution in [3.63, 3.8) is 0 Å². The number of hydrogen-bond donors (Lipinski definition) is 0. The summed E-state index contributed by atoms with van der Waals surface area (Å²) in [5.74, 6) is 0. The van der Waals surface area contributed by atoms with Gasteiger partial charge in [0, 0.05) is 13.5 Å². The lowest BCUT2D eigenvalue weighted by Gasteiger charge is -2.17. The first kappa shape index (κ1) is 5.97. The number of ether oxygens (including phenoxy) is 1. The van der Waals surface area contributed by atoms with Crippen LogP contribution in [0.2, 0.25) is 0 Å². The van der Waals surface area contributed by atoms with Gasteiger partial charge in [0.15, 0.2) is 6.29 Å². The van der Waals surface area contributed by atoms with E-state index in [0.29, 0.717) is 6.61 Å². The first-order valence-corrected chi connectivity index (χ1v) is 2.41. The second-order valence-corrected chi connectivity index (χ2v) is 1.44. The van der Waals surface area contributed by atoms with Gasteiger partial charge in [-0.25, -0.2) is 4.89 Å². The molecule has 1 aliphatic rings. The van der Waals surface area contributed by atoms with E-state index in [4.69, 9.17) is 4.74 Å². The molecule has 0 amide bonds. The van der Waals surface area contributed by atoms with E-state index >= 15 is 0 Å². The quantitative estimate of drug-likeness (QED) is 0.464. The van der Waals surface area contributed by atoms with Crippen LogP contribution in [-0.4, -0.2) is 20.0 Å². The minimum atomic E-state index is -0.260. The van der Waals surface area contributed by atoms with Crippen LogP contribution in [-0.2, 0) is 19.6 Å². The van der Waals surface area contributed by atoms with Gasteiger partial charge in [-0.15, -0.1) is 0 Å². The zero-order valence-electron chi connectivity index (χ0n) is 4.62. The summed E-state index contributed by atoms with van der Waals surface area (Å²) in [7, 11) is 1.55. The Balaban J connectivity index is 2.13. The SMILES string of the molecule is COC1CCOOO1. The molecule has 1 unspecified atom stereocenters. The molecule has 1 heterocycles. The molecular formula is C4H8O4. The van der Waals surface area contributed by atoms with Crippen LogP contribution in [0.4, 0.5) is 0 Å². The van der Waals surface area contributed by atoms with E-state index in [1.807, 2.05) is 0 Å². The fraction of sp³-hybridized carbons (Fsp3) is 1.00. The smallest absolute Gasteiger partial charge is 0.196 e. The van der Waals surface area contributed by atoms with Crippen LogP contribution in [0, 0.1) is 0 Å². The summed E-state index contributed by atoms with van der Waals surface area (Å²) in [6.45, 7) is 0.526. The standard InChI is InChI=1S/C4H8O4/c1-5-4-2-3-6-8-7-4/h4H,2-3H2,1H3. The van der Waals surface area contributed by atoms with E-state index in [1.165, 1.54) is 0 Å². The molecule has 0 radical (unpaired) electrons. The van der Waals surface area contributed by atoms with Gasteiger partial charge in [0.05, 0.1) is 6.61 Å². The van der Waals surface area contributed by atoms with Crippen LogP contribution in [0.25, 0.3) is 0 Å². The van der Waals surface area contributed by atoms with Crippen LogP contribution >= 0.6 is 0 Å². The molecule has 1 rings (SSSR count). The first-order valence-electron chi connectivity index (χ1n) is 2.41. The monoisotopic (exact) mass is 120 g/mol. The average molecular weight is 120 g/mol. The molecule has 48 valence electrons. The number of hydrogen-bond acceptors (Lipinski definition) is 4. The Kier molecular flexibility index (Phi) is 2.23. The van der Waals surface area contributed by atoms with Crippen LogP contribution in [0.1, 0.15) is 6.42 Å². The van der Waals surface area contributed by atoms with E-state index in [-0.39, 0.29) is 6.29 Å². The fourth-order valence-corrected chi connectivity index (χ4v) is 0.455. The zero-order chi connectivity index (χ0) is 5.82. The Morgan fingerprint density at radius 3 is 2.88 bits per heavy atom. The van der Waals surface area contributed by atoms with E-state index in [2.05, 4.69) is 14.8 Å². The molecule has 0 N–H and O–H groups in total. The number of methoxy groups -OCH3 is 1. The van der Waals surface area contributed by atoms with Crippen molar-refractivity contribution < 1.29 is 19.6 Å². The molecule has 0 bridgehead atoms. The fourth-order valence-electron chi connectivity index (χ4n) is 0.455. The van der Waals surface area contributed by atoms with E-state index < -0.39 is 0 Å². The average Bonchev–Trinajstić information content (AvgIpc) is 1.90. The minimum Gasteiger partial charge on any atom is -0.353 e. The van der Waals surface area contributed by atoms with Crippen LogP contribution < -0.4 is 0 Å². The third-order valence-corrected chi connectivity index (χ3v) is 0.894. The molecule has 0 spiro atoms. The Morgan fingerprint density at radius 1 is 1.62 bits per heavy atom. The van der Waals surface area contributed by atoms with Gasteiger partial charge in [-0.1, -0.05) is 5.04 Å². The maximum Gasteiger partial charge on any atom is 0.196 e. The molecule has 8 heavy (non-hydrogen) atoms. The van der Waals surface area contributed by atoms with Gasteiger partial charge in [-0.05, 0) is 0 Å². The minimum absolute atomic E-state index is 0.260. The van der Waals surface area contributed by atoms with Gasteiger partial charge in [-0.2, -0.15) is 4.89 Å². The molecule has 1 saturated heterocycles. The van der Waals surface area contributed by atoms with E-state index in [9.17, 15) is 0 Å². The highest BCUT2D eigenvalue weighted by Crippen LogP contribution is 2.06. The van der Waals surface area contributed by atoms with Crippen LogP contribution in [0.15, 0.2) is 0 Å². The van der Waals surface area contributed by atoms with Crippen molar-refractivity contribution in [1.29, 1.82) is 0 Å². The summed E-state index contributed by atoms with van der Waals surface area (Å²) in [4.78, 5) is 8.88. The van der Waals surface area contributed by atoms with E-state index in [1.54, 1.807) is 7.11 Å². The van der Waals surface area contributed by atoms with Gasteiger partial charge in [0.1, 0.15) is 0 Å². The predicted molar refractivity (Wildman–Crippen MR) is 23.5 cm³/mol. The van der Waals surface area contributed by atoms with Crippen molar-refractivity contribution >= 4 is 0 Å². The summed E-state index contributed by atoms with van der Waals surface area (Å²) in [5, 5.41) is 4.15. The summed E-state index contributed by atoms with van der Waals surface area (Å²) in [6, 6.07) is 0. The van der Waals surface area contributed by atoms with Crippen molar-refractivity contribution in [3.05, 3.63) is 0 Å². The first-order chi connectivity index (χ1) is 3.93. The highest BCUT2D eigenvalue weighted by atomic mass is 17.5. The Bertz CT molecular complexity index is 59.1. The van der Waals surface area contributed by atoms with Gasteiger partial charge in [0.2, 0.25) is 0 Å². The second kappa shape index (κ2) is 2.99.